The van der Waals surface area contributed by atoms with Gasteiger partial charge >= 0.3 is 0 Å². The summed E-state index contributed by atoms with van der Waals surface area (Å²) in [7, 11) is 0. The molecule has 84 valence electrons. The SMILES string of the molecule is CC(C)(N)CN1CCCC1c1cccs1. The quantitative estimate of drug-likeness (QED) is 0.855. The van der Waals surface area contributed by atoms with Gasteiger partial charge in [0.2, 0.25) is 0 Å². The van der Waals surface area contributed by atoms with Crippen LogP contribution in [0.5, 0.6) is 0 Å². The summed E-state index contributed by atoms with van der Waals surface area (Å²) in [6.07, 6.45) is 2.59. The number of hydrogen-bond acceptors (Lipinski definition) is 3. The minimum atomic E-state index is -0.0835. The summed E-state index contributed by atoms with van der Waals surface area (Å²) in [5.41, 5.74) is 6.01. The van der Waals surface area contributed by atoms with Crippen LogP contribution in [0.2, 0.25) is 0 Å². The van der Waals surface area contributed by atoms with Crippen molar-refractivity contribution in [1.29, 1.82) is 0 Å². The molecule has 1 aliphatic rings. The van der Waals surface area contributed by atoms with E-state index in [9.17, 15) is 0 Å². The molecule has 3 heteroatoms. The van der Waals surface area contributed by atoms with Crippen molar-refractivity contribution in [3.63, 3.8) is 0 Å². The van der Waals surface area contributed by atoms with E-state index >= 15 is 0 Å². The molecule has 0 bridgehead atoms. The maximum absolute atomic E-state index is 6.09. The molecule has 0 spiro atoms. The van der Waals surface area contributed by atoms with Crippen molar-refractivity contribution in [3.05, 3.63) is 22.4 Å². The Morgan fingerprint density at radius 1 is 1.60 bits per heavy atom. The average Bonchev–Trinajstić information content (AvgIpc) is 2.68. The highest BCUT2D eigenvalue weighted by molar-refractivity contribution is 7.10. The molecule has 0 amide bonds. The molecule has 1 saturated heterocycles. The third-order valence-corrected chi connectivity index (χ3v) is 3.82. The molecule has 1 unspecified atom stereocenters. The molecule has 0 aromatic carbocycles. The van der Waals surface area contributed by atoms with Crippen molar-refractivity contribution < 1.29 is 0 Å². The fourth-order valence-corrected chi connectivity index (χ4v) is 3.24. The van der Waals surface area contributed by atoms with E-state index in [1.807, 2.05) is 11.3 Å². The minimum Gasteiger partial charge on any atom is -0.324 e. The monoisotopic (exact) mass is 224 g/mol. The highest BCUT2D eigenvalue weighted by atomic mass is 32.1. The molecule has 0 saturated carbocycles. The first-order valence-electron chi connectivity index (χ1n) is 5.62. The Morgan fingerprint density at radius 2 is 2.40 bits per heavy atom. The summed E-state index contributed by atoms with van der Waals surface area (Å²) in [5, 5.41) is 2.17. The van der Waals surface area contributed by atoms with Gasteiger partial charge in [-0.25, -0.2) is 0 Å². The van der Waals surface area contributed by atoms with Crippen molar-refractivity contribution in [2.45, 2.75) is 38.3 Å². The number of hydrogen-bond donors (Lipinski definition) is 1. The summed E-state index contributed by atoms with van der Waals surface area (Å²) in [5.74, 6) is 0. The van der Waals surface area contributed by atoms with Crippen LogP contribution in [0.1, 0.15) is 37.6 Å². The van der Waals surface area contributed by atoms with Crippen molar-refractivity contribution in [3.8, 4) is 0 Å². The normalized spacial score (nSPS) is 23.5. The van der Waals surface area contributed by atoms with E-state index < -0.39 is 0 Å². The van der Waals surface area contributed by atoms with Crippen LogP contribution in [0.15, 0.2) is 17.5 Å². The molecule has 15 heavy (non-hydrogen) atoms. The molecule has 1 aliphatic heterocycles. The predicted octanol–water partition coefficient (Wildman–Crippen LogP) is 2.62. The first kappa shape index (κ1) is 11.1. The maximum Gasteiger partial charge on any atom is 0.0442 e. The first-order valence-corrected chi connectivity index (χ1v) is 6.50. The third-order valence-electron chi connectivity index (χ3n) is 2.85. The summed E-state index contributed by atoms with van der Waals surface area (Å²) in [6, 6.07) is 5.01. The largest absolute Gasteiger partial charge is 0.324 e. The van der Waals surface area contributed by atoms with Crippen molar-refractivity contribution in [2.24, 2.45) is 5.73 Å². The number of nitrogens with zero attached hydrogens (tertiary/aromatic N) is 1. The van der Waals surface area contributed by atoms with E-state index in [-0.39, 0.29) is 5.54 Å². The van der Waals surface area contributed by atoms with Crippen LogP contribution < -0.4 is 5.73 Å². The van der Waals surface area contributed by atoms with Gasteiger partial charge in [-0.2, -0.15) is 0 Å². The van der Waals surface area contributed by atoms with Crippen LogP contribution in [0.25, 0.3) is 0 Å². The van der Waals surface area contributed by atoms with Crippen molar-refractivity contribution in [1.82, 2.24) is 4.90 Å². The standard InChI is InChI=1S/C12H20N2S/c1-12(2,13)9-14-7-3-5-10(14)11-6-4-8-15-11/h4,6,8,10H,3,5,7,9,13H2,1-2H3. The van der Waals surface area contributed by atoms with E-state index in [4.69, 9.17) is 5.73 Å². The topological polar surface area (TPSA) is 29.3 Å². The van der Waals surface area contributed by atoms with Gasteiger partial charge in [0.25, 0.3) is 0 Å². The third kappa shape index (κ3) is 2.80. The highest BCUT2D eigenvalue weighted by Crippen LogP contribution is 2.34. The van der Waals surface area contributed by atoms with Crippen molar-refractivity contribution >= 4 is 11.3 Å². The lowest BCUT2D eigenvalue weighted by Crippen LogP contribution is -2.44. The Labute approximate surface area is 96.1 Å². The second kappa shape index (κ2) is 4.24. The smallest absolute Gasteiger partial charge is 0.0442 e. The lowest BCUT2D eigenvalue weighted by molar-refractivity contribution is 0.213. The zero-order valence-electron chi connectivity index (χ0n) is 9.57. The van der Waals surface area contributed by atoms with Crippen LogP contribution in [-0.2, 0) is 0 Å². The average molecular weight is 224 g/mol. The van der Waals surface area contributed by atoms with Gasteiger partial charge in [0.15, 0.2) is 0 Å². The van der Waals surface area contributed by atoms with E-state index in [0.717, 1.165) is 6.54 Å². The van der Waals surface area contributed by atoms with Gasteiger partial charge in [-0.05, 0) is 44.7 Å². The number of nitrogens with two attached hydrogens (primary N) is 1. The molecular weight excluding hydrogens is 204 g/mol. The molecule has 1 atom stereocenters. The number of rotatable bonds is 3. The first-order chi connectivity index (χ1) is 7.06. The van der Waals surface area contributed by atoms with Crippen molar-refractivity contribution in [2.75, 3.05) is 13.1 Å². The second-order valence-corrected chi connectivity index (χ2v) is 6.11. The maximum atomic E-state index is 6.09. The predicted molar refractivity (Wildman–Crippen MR) is 66.1 cm³/mol. The van der Waals surface area contributed by atoms with Crippen LogP contribution >= 0.6 is 11.3 Å². The Balaban J connectivity index is 2.06. The lowest BCUT2D eigenvalue weighted by Gasteiger charge is -2.30. The van der Waals surface area contributed by atoms with E-state index in [1.54, 1.807) is 0 Å². The molecule has 2 heterocycles. The fourth-order valence-electron chi connectivity index (χ4n) is 2.34. The van der Waals surface area contributed by atoms with E-state index in [2.05, 4.69) is 36.3 Å². The lowest BCUT2D eigenvalue weighted by atomic mass is 10.1. The van der Waals surface area contributed by atoms with Gasteiger partial charge in [0, 0.05) is 23.0 Å². The van der Waals surface area contributed by atoms with Gasteiger partial charge in [-0.1, -0.05) is 6.07 Å². The van der Waals surface area contributed by atoms with Gasteiger partial charge < -0.3 is 5.73 Å². The van der Waals surface area contributed by atoms with Gasteiger partial charge in [0.1, 0.15) is 0 Å². The molecule has 0 aliphatic carbocycles. The molecule has 1 aromatic rings. The summed E-state index contributed by atoms with van der Waals surface area (Å²) in [6.45, 7) is 6.41. The summed E-state index contributed by atoms with van der Waals surface area (Å²) < 4.78 is 0. The Hall–Kier alpha value is -0.380. The molecule has 1 fully saturated rings. The van der Waals surface area contributed by atoms with Crippen LogP contribution in [-0.4, -0.2) is 23.5 Å². The fraction of sp³-hybridized carbons (Fsp3) is 0.667. The second-order valence-electron chi connectivity index (χ2n) is 5.13. The summed E-state index contributed by atoms with van der Waals surface area (Å²) in [4.78, 5) is 4.03. The van der Waals surface area contributed by atoms with E-state index in [1.165, 1.54) is 24.3 Å². The molecule has 1 aromatic heterocycles. The Morgan fingerprint density at radius 3 is 3.00 bits per heavy atom. The van der Waals surface area contributed by atoms with E-state index in [0.29, 0.717) is 6.04 Å². The number of thiophene rings is 1. The van der Waals surface area contributed by atoms with Gasteiger partial charge in [-0.15, -0.1) is 11.3 Å². The Kier molecular flexibility index (Phi) is 3.14. The molecular formula is C12H20N2S. The van der Waals surface area contributed by atoms with Crippen LogP contribution in [0.4, 0.5) is 0 Å². The minimum absolute atomic E-state index is 0.0835. The Bertz CT molecular complexity index is 300. The zero-order valence-corrected chi connectivity index (χ0v) is 10.4. The molecule has 2 nitrogen and oxygen atoms in total. The zero-order chi connectivity index (χ0) is 10.9. The van der Waals surface area contributed by atoms with Crippen LogP contribution in [0.3, 0.4) is 0 Å². The highest BCUT2D eigenvalue weighted by Gasteiger charge is 2.29. The van der Waals surface area contributed by atoms with Gasteiger partial charge in [0.05, 0.1) is 0 Å². The van der Waals surface area contributed by atoms with Gasteiger partial charge in [-0.3, -0.25) is 4.90 Å². The molecule has 2 rings (SSSR count). The molecule has 0 radical (unpaired) electrons. The number of likely N-dealkylation sites (tertiary alicyclic amines) is 1. The molecule has 2 N–H and O–H groups in total. The van der Waals surface area contributed by atoms with Crippen LogP contribution in [0, 0.1) is 0 Å². The summed E-state index contributed by atoms with van der Waals surface area (Å²) >= 11 is 1.87.